The van der Waals surface area contributed by atoms with E-state index >= 15 is 0 Å². The third-order valence-electron chi connectivity index (χ3n) is 3.29. The van der Waals surface area contributed by atoms with Crippen molar-refractivity contribution in [1.29, 1.82) is 0 Å². The first-order valence-corrected chi connectivity index (χ1v) is 8.24. The number of aryl methyl sites for hydroxylation is 1. The molecule has 1 heterocycles. The van der Waals surface area contributed by atoms with Crippen molar-refractivity contribution >= 4 is 62.6 Å². The Balaban J connectivity index is 2.17. The van der Waals surface area contributed by atoms with E-state index in [1.54, 1.807) is 6.07 Å². The molecule has 9 heteroatoms. The molecule has 0 aliphatic rings. The highest BCUT2D eigenvalue weighted by Crippen LogP contribution is 2.31. The average molecular weight is 444 g/mol. The van der Waals surface area contributed by atoms with Crippen LogP contribution in [-0.4, -0.2) is 19.9 Å². The van der Waals surface area contributed by atoms with Crippen LogP contribution in [-0.2, 0) is 0 Å². The van der Waals surface area contributed by atoms with Gasteiger partial charge in [-0.2, -0.15) is 8.75 Å². The summed E-state index contributed by atoms with van der Waals surface area (Å²) < 4.78 is 23.6. The van der Waals surface area contributed by atoms with Gasteiger partial charge in [0.2, 0.25) is 0 Å². The Bertz CT molecular complexity index is 915. The smallest absolute Gasteiger partial charge is 0.276 e. The molecule has 0 fully saturated rings. The topological polar surface area (TPSA) is 87.1 Å². The number of hydrogen-bond donors (Lipinski definition) is 3. The zero-order chi connectivity index (χ0) is 16.6. The molecular weight excluding hydrogens is 434 g/mol. The fourth-order valence-corrected chi connectivity index (χ4v) is 3.32. The molecule has 0 saturated carbocycles. The molecule has 3 aromatic rings. The first-order chi connectivity index (χ1) is 11.0. The van der Waals surface area contributed by atoms with E-state index in [0.717, 1.165) is 20.9 Å². The van der Waals surface area contributed by atoms with E-state index in [0.29, 0.717) is 5.69 Å². The van der Waals surface area contributed by atoms with Crippen molar-refractivity contribution in [3.8, 4) is 0 Å². The molecule has 3 rings (SSSR count). The third kappa shape index (κ3) is 2.99. The summed E-state index contributed by atoms with van der Waals surface area (Å²) in [7, 11) is 0. The molecule has 118 valence electrons. The molecule has 0 unspecified atom stereocenters. The number of carbonyl (C=O) groups is 1. The van der Waals surface area contributed by atoms with Gasteiger partial charge in [0.1, 0.15) is 11.0 Å². The Labute approximate surface area is 148 Å². The van der Waals surface area contributed by atoms with Crippen molar-refractivity contribution < 1.29 is 14.4 Å². The van der Waals surface area contributed by atoms with Crippen molar-refractivity contribution in [2.75, 3.05) is 5.32 Å². The second-order valence-electron chi connectivity index (χ2n) is 4.77. The summed E-state index contributed by atoms with van der Waals surface area (Å²) >= 11 is 3.03. The Morgan fingerprint density at radius 2 is 2.13 bits per heavy atom. The number of hydrogen-bond acceptors (Lipinski definition) is 6. The average Bonchev–Trinajstić information content (AvgIpc) is 3.00. The van der Waals surface area contributed by atoms with Gasteiger partial charge in [0.15, 0.2) is 5.82 Å². The molecule has 6 nitrogen and oxygen atoms in total. The number of fused-ring (bicyclic) bond motifs is 1. The van der Waals surface area contributed by atoms with Gasteiger partial charge < -0.3 is 5.32 Å². The first-order valence-electron chi connectivity index (χ1n) is 6.43. The van der Waals surface area contributed by atoms with Crippen LogP contribution in [0.25, 0.3) is 11.0 Å². The van der Waals surface area contributed by atoms with Gasteiger partial charge in [-0.1, -0.05) is 0 Å². The van der Waals surface area contributed by atoms with Crippen LogP contribution >= 0.6 is 34.3 Å². The summed E-state index contributed by atoms with van der Waals surface area (Å²) in [6.45, 7) is 1.87. The first kappa shape index (κ1) is 16.0. The number of amides is 1. The maximum Gasteiger partial charge on any atom is 0.276 e. The maximum absolute atomic E-state index is 14.7. The van der Waals surface area contributed by atoms with Crippen LogP contribution in [0, 0.1) is 16.3 Å². The van der Waals surface area contributed by atoms with E-state index in [2.05, 4.69) is 36.7 Å². The SMILES string of the molecule is Cc1cc(I)ccc1Nc1c(C(=O)NO)cc2nsnc2c1F. The largest absolute Gasteiger partial charge is 0.352 e. The molecule has 0 aliphatic carbocycles. The summed E-state index contributed by atoms with van der Waals surface area (Å²) in [6, 6.07) is 6.97. The van der Waals surface area contributed by atoms with Crippen molar-refractivity contribution in [1.82, 2.24) is 14.2 Å². The van der Waals surface area contributed by atoms with Crippen LogP contribution in [0.5, 0.6) is 0 Å². The number of rotatable bonds is 3. The molecule has 0 saturated heterocycles. The molecule has 3 N–H and O–H groups in total. The predicted molar refractivity (Wildman–Crippen MR) is 93.8 cm³/mol. The lowest BCUT2D eigenvalue weighted by atomic mass is 10.1. The molecule has 23 heavy (non-hydrogen) atoms. The van der Waals surface area contributed by atoms with Crippen molar-refractivity contribution in [3.63, 3.8) is 0 Å². The molecule has 0 radical (unpaired) electrons. The second kappa shape index (κ2) is 6.34. The maximum atomic E-state index is 14.7. The number of aromatic nitrogens is 2. The van der Waals surface area contributed by atoms with Crippen LogP contribution in [0.1, 0.15) is 15.9 Å². The van der Waals surface area contributed by atoms with E-state index in [-0.39, 0.29) is 22.3 Å². The van der Waals surface area contributed by atoms with Crippen LogP contribution in [0.3, 0.4) is 0 Å². The van der Waals surface area contributed by atoms with Crippen molar-refractivity contribution in [2.24, 2.45) is 0 Å². The normalized spacial score (nSPS) is 10.8. The van der Waals surface area contributed by atoms with E-state index < -0.39 is 11.7 Å². The zero-order valence-electron chi connectivity index (χ0n) is 11.7. The standard InChI is InChI=1S/C14H10FIN4O2S/c1-6-4-7(16)2-3-9(6)17-12-8(14(21)18-22)5-10-13(11(12)15)20-23-19-10/h2-5,17,22H,1H3,(H,18,21). The number of carbonyl (C=O) groups excluding carboxylic acids is 1. The second-order valence-corrected chi connectivity index (χ2v) is 6.54. The van der Waals surface area contributed by atoms with E-state index in [1.165, 1.54) is 11.5 Å². The van der Waals surface area contributed by atoms with Gasteiger partial charge in [0, 0.05) is 9.26 Å². The third-order valence-corrected chi connectivity index (χ3v) is 4.50. The number of nitrogens with one attached hydrogen (secondary N) is 2. The minimum atomic E-state index is -0.829. The van der Waals surface area contributed by atoms with Crippen LogP contribution in [0.2, 0.25) is 0 Å². The molecule has 0 spiro atoms. The molecule has 1 aromatic heterocycles. The summed E-state index contributed by atoms with van der Waals surface area (Å²) in [5.41, 5.74) is 3.30. The van der Waals surface area contributed by atoms with E-state index in [9.17, 15) is 9.18 Å². The van der Waals surface area contributed by atoms with Gasteiger partial charge in [-0.25, -0.2) is 9.87 Å². The van der Waals surface area contributed by atoms with Crippen LogP contribution < -0.4 is 10.8 Å². The quantitative estimate of drug-likeness (QED) is 0.327. The van der Waals surface area contributed by atoms with Crippen LogP contribution in [0.4, 0.5) is 15.8 Å². The van der Waals surface area contributed by atoms with Crippen LogP contribution in [0.15, 0.2) is 24.3 Å². The molecular formula is C14H10FIN4O2S. The van der Waals surface area contributed by atoms with Crippen molar-refractivity contribution in [2.45, 2.75) is 6.92 Å². The van der Waals surface area contributed by atoms with Gasteiger partial charge in [-0.15, -0.1) is 0 Å². The lowest BCUT2D eigenvalue weighted by Gasteiger charge is -2.14. The molecule has 0 atom stereocenters. The number of nitrogens with zero attached hydrogens (tertiary/aromatic N) is 2. The minimum absolute atomic E-state index is 0.0526. The summed E-state index contributed by atoms with van der Waals surface area (Å²) in [6.07, 6.45) is 0. The Kier molecular flexibility index (Phi) is 4.41. The van der Waals surface area contributed by atoms with Gasteiger partial charge >= 0.3 is 0 Å². The highest BCUT2D eigenvalue weighted by molar-refractivity contribution is 14.1. The lowest BCUT2D eigenvalue weighted by molar-refractivity contribution is 0.0707. The van der Waals surface area contributed by atoms with Gasteiger partial charge in [-0.3, -0.25) is 10.0 Å². The fraction of sp³-hybridized carbons (Fsp3) is 0.0714. The summed E-state index contributed by atoms with van der Waals surface area (Å²) in [4.78, 5) is 11.9. The fourth-order valence-electron chi connectivity index (χ4n) is 2.15. The number of hydroxylamine groups is 1. The number of halogens is 2. The highest BCUT2D eigenvalue weighted by Gasteiger charge is 2.21. The minimum Gasteiger partial charge on any atom is -0.352 e. The zero-order valence-corrected chi connectivity index (χ0v) is 14.7. The Hall–Kier alpha value is -1.85. The van der Waals surface area contributed by atoms with E-state index in [1.807, 2.05) is 19.1 Å². The van der Waals surface area contributed by atoms with Gasteiger partial charge in [0.25, 0.3) is 5.91 Å². The molecule has 0 bridgehead atoms. The number of benzene rings is 2. The number of anilines is 2. The molecule has 1 amide bonds. The monoisotopic (exact) mass is 444 g/mol. The highest BCUT2D eigenvalue weighted by atomic mass is 127. The molecule has 0 aliphatic heterocycles. The summed E-state index contributed by atoms with van der Waals surface area (Å²) in [5.74, 6) is -1.52. The van der Waals surface area contributed by atoms with Crippen molar-refractivity contribution in [3.05, 3.63) is 44.8 Å². The molecule has 2 aromatic carbocycles. The lowest BCUT2D eigenvalue weighted by Crippen LogP contribution is -2.20. The summed E-state index contributed by atoms with van der Waals surface area (Å²) in [5, 5.41) is 11.8. The van der Waals surface area contributed by atoms with Gasteiger partial charge in [-0.05, 0) is 59.3 Å². The van der Waals surface area contributed by atoms with Gasteiger partial charge in [0.05, 0.1) is 23.0 Å². The predicted octanol–water partition coefficient (Wildman–Crippen LogP) is 3.61. The Morgan fingerprint density at radius 1 is 1.35 bits per heavy atom. The Morgan fingerprint density at radius 3 is 2.83 bits per heavy atom. The van der Waals surface area contributed by atoms with E-state index in [4.69, 9.17) is 5.21 Å².